The van der Waals surface area contributed by atoms with Gasteiger partial charge in [-0.1, -0.05) is 6.08 Å². The molecule has 2 atom stereocenters. The topological polar surface area (TPSA) is 46.5 Å². The first-order chi connectivity index (χ1) is 5.02. The van der Waals surface area contributed by atoms with E-state index < -0.39 is 6.10 Å². The van der Waals surface area contributed by atoms with E-state index >= 15 is 0 Å². The Kier molecular flexibility index (Phi) is 4.54. The molecule has 3 nitrogen and oxygen atoms in total. The minimum absolute atomic E-state index is 0.262. The average molecular weight is 158 g/mol. The molecule has 0 unspecified atom stereocenters. The van der Waals surface area contributed by atoms with Crippen LogP contribution in [0, 0.1) is 0 Å². The summed E-state index contributed by atoms with van der Waals surface area (Å²) in [7, 11) is 0. The van der Waals surface area contributed by atoms with Crippen molar-refractivity contribution in [1.82, 2.24) is 0 Å². The third-order valence-electron chi connectivity index (χ3n) is 1.01. The van der Waals surface area contributed by atoms with E-state index in [0.717, 1.165) is 0 Å². The minimum atomic E-state index is -0.493. The number of aliphatic hydroxyl groups is 1. The summed E-state index contributed by atoms with van der Waals surface area (Å²) in [6, 6.07) is 0. The molecular weight excluding hydrogens is 144 g/mol. The zero-order valence-electron chi connectivity index (χ0n) is 7.07. The first-order valence-corrected chi connectivity index (χ1v) is 3.56. The highest BCUT2D eigenvalue weighted by atomic mass is 16.5. The average Bonchev–Trinajstić information content (AvgIpc) is 1.82. The van der Waals surface area contributed by atoms with E-state index in [1.807, 2.05) is 0 Å². The second-order valence-electron chi connectivity index (χ2n) is 2.44. The van der Waals surface area contributed by atoms with Gasteiger partial charge in [-0.15, -0.1) is 0 Å². The van der Waals surface area contributed by atoms with E-state index in [1.54, 1.807) is 26.0 Å². The third-order valence-corrected chi connectivity index (χ3v) is 1.01. The van der Waals surface area contributed by atoms with E-state index in [9.17, 15) is 4.79 Å². The number of rotatable bonds is 3. The number of hydrogen-bond acceptors (Lipinski definition) is 3. The maximum absolute atomic E-state index is 10.4. The van der Waals surface area contributed by atoms with Gasteiger partial charge in [0, 0.05) is 6.92 Å². The molecule has 0 saturated carbocycles. The number of hydrogen-bond donors (Lipinski definition) is 1. The summed E-state index contributed by atoms with van der Waals surface area (Å²) >= 11 is 0. The van der Waals surface area contributed by atoms with E-state index in [4.69, 9.17) is 9.84 Å². The number of aliphatic hydroxyl groups excluding tert-OH is 1. The van der Waals surface area contributed by atoms with Crippen molar-refractivity contribution in [2.75, 3.05) is 0 Å². The Hall–Kier alpha value is -0.830. The molecule has 0 aliphatic carbocycles. The van der Waals surface area contributed by atoms with E-state index in [-0.39, 0.29) is 12.1 Å². The van der Waals surface area contributed by atoms with Gasteiger partial charge in [-0.3, -0.25) is 4.79 Å². The van der Waals surface area contributed by atoms with Crippen molar-refractivity contribution >= 4 is 5.97 Å². The summed E-state index contributed by atoms with van der Waals surface area (Å²) in [6.07, 6.45) is 2.47. The van der Waals surface area contributed by atoms with Gasteiger partial charge in [-0.05, 0) is 19.9 Å². The Bertz CT molecular complexity index is 149. The zero-order chi connectivity index (χ0) is 8.85. The maximum Gasteiger partial charge on any atom is 0.303 e. The number of esters is 1. The smallest absolute Gasteiger partial charge is 0.303 e. The molecule has 0 amide bonds. The van der Waals surface area contributed by atoms with Gasteiger partial charge >= 0.3 is 5.97 Å². The van der Waals surface area contributed by atoms with Crippen LogP contribution in [-0.4, -0.2) is 23.3 Å². The first kappa shape index (κ1) is 10.2. The monoisotopic (exact) mass is 158 g/mol. The minimum Gasteiger partial charge on any atom is -0.459 e. The molecule has 64 valence electrons. The molecule has 11 heavy (non-hydrogen) atoms. The van der Waals surface area contributed by atoms with E-state index in [0.29, 0.717) is 0 Å². The Morgan fingerprint density at radius 2 is 2.00 bits per heavy atom. The highest BCUT2D eigenvalue weighted by molar-refractivity contribution is 5.66. The molecule has 0 saturated heterocycles. The van der Waals surface area contributed by atoms with Gasteiger partial charge in [-0.2, -0.15) is 0 Å². The van der Waals surface area contributed by atoms with Gasteiger partial charge in [0.25, 0.3) is 0 Å². The molecule has 0 heterocycles. The van der Waals surface area contributed by atoms with Crippen molar-refractivity contribution in [2.24, 2.45) is 0 Å². The van der Waals surface area contributed by atoms with Crippen LogP contribution in [-0.2, 0) is 9.53 Å². The van der Waals surface area contributed by atoms with Crippen LogP contribution in [0.1, 0.15) is 20.8 Å². The number of ether oxygens (including phenoxy) is 1. The largest absolute Gasteiger partial charge is 0.459 e. The van der Waals surface area contributed by atoms with E-state index in [1.165, 1.54) is 6.92 Å². The standard InChI is InChI=1S/C8H14O3/c1-6(9)4-5-7(2)11-8(3)10/h4-7,9H,1-3H3/b5-4-/t6-,7+/m0/s1. The Labute approximate surface area is 66.7 Å². The predicted octanol–water partition coefficient (Wildman–Crippen LogP) is 0.875. The SMILES string of the molecule is CC(=O)O[C@H](C)/C=C\[C@H](C)O. The van der Waals surface area contributed by atoms with Crippen LogP contribution in [0.4, 0.5) is 0 Å². The van der Waals surface area contributed by atoms with Crippen molar-refractivity contribution in [3.63, 3.8) is 0 Å². The molecule has 0 aromatic rings. The van der Waals surface area contributed by atoms with Gasteiger partial charge in [0.05, 0.1) is 6.10 Å². The molecule has 0 aliphatic heterocycles. The van der Waals surface area contributed by atoms with Crippen LogP contribution in [0.25, 0.3) is 0 Å². The van der Waals surface area contributed by atoms with Crippen molar-refractivity contribution in [2.45, 2.75) is 33.0 Å². The molecule has 0 rings (SSSR count). The lowest BCUT2D eigenvalue weighted by Crippen LogP contribution is -2.09. The number of carbonyl (C=O) groups excluding carboxylic acids is 1. The van der Waals surface area contributed by atoms with Gasteiger partial charge in [0.15, 0.2) is 0 Å². The Balaban J connectivity index is 3.68. The Morgan fingerprint density at radius 3 is 2.36 bits per heavy atom. The van der Waals surface area contributed by atoms with Crippen LogP contribution in [0.5, 0.6) is 0 Å². The van der Waals surface area contributed by atoms with E-state index in [2.05, 4.69) is 0 Å². The van der Waals surface area contributed by atoms with Crippen LogP contribution in [0.15, 0.2) is 12.2 Å². The summed E-state index contributed by atoms with van der Waals surface area (Å²) in [5.74, 6) is -0.312. The molecule has 0 radical (unpaired) electrons. The molecule has 0 spiro atoms. The van der Waals surface area contributed by atoms with Crippen molar-refractivity contribution in [1.29, 1.82) is 0 Å². The quantitative estimate of drug-likeness (QED) is 0.489. The lowest BCUT2D eigenvalue weighted by Gasteiger charge is -2.06. The molecular formula is C8H14O3. The summed E-state index contributed by atoms with van der Waals surface area (Å²) in [5.41, 5.74) is 0. The summed E-state index contributed by atoms with van der Waals surface area (Å²) in [5, 5.41) is 8.81. The van der Waals surface area contributed by atoms with Crippen LogP contribution in [0.2, 0.25) is 0 Å². The van der Waals surface area contributed by atoms with Gasteiger partial charge < -0.3 is 9.84 Å². The predicted molar refractivity (Wildman–Crippen MR) is 42.0 cm³/mol. The summed E-state index contributed by atoms with van der Waals surface area (Å²) < 4.78 is 4.76. The van der Waals surface area contributed by atoms with Crippen molar-refractivity contribution in [3.05, 3.63) is 12.2 Å². The molecule has 3 heteroatoms. The van der Waals surface area contributed by atoms with Crippen LogP contribution in [0.3, 0.4) is 0 Å². The normalized spacial score (nSPS) is 16.4. The maximum atomic E-state index is 10.4. The van der Waals surface area contributed by atoms with Gasteiger partial charge in [-0.25, -0.2) is 0 Å². The molecule has 0 aromatic carbocycles. The Morgan fingerprint density at radius 1 is 1.45 bits per heavy atom. The van der Waals surface area contributed by atoms with Gasteiger partial charge in [0.2, 0.25) is 0 Å². The first-order valence-electron chi connectivity index (χ1n) is 3.56. The van der Waals surface area contributed by atoms with Crippen LogP contribution < -0.4 is 0 Å². The zero-order valence-corrected chi connectivity index (χ0v) is 7.07. The van der Waals surface area contributed by atoms with Crippen molar-refractivity contribution in [3.8, 4) is 0 Å². The molecule has 0 aromatic heterocycles. The summed E-state index contributed by atoms with van der Waals surface area (Å²) in [4.78, 5) is 10.4. The third kappa shape index (κ3) is 7.06. The van der Waals surface area contributed by atoms with Gasteiger partial charge in [0.1, 0.15) is 6.10 Å². The fourth-order valence-corrected chi connectivity index (χ4v) is 0.618. The molecule has 1 N–H and O–H groups in total. The highest BCUT2D eigenvalue weighted by Gasteiger charge is 1.99. The number of carbonyl (C=O) groups is 1. The van der Waals surface area contributed by atoms with Crippen LogP contribution >= 0.6 is 0 Å². The van der Waals surface area contributed by atoms with Crippen molar-refractivity contribution < 1.29 is 14.6 Å². The molecule has 0 aliphatic rings. The molecule has 0 bridgehead atoms. The second-order valence-corrected chi connectivity index (χ2v) is 2.44. The lowest BCUT2D eigenvalue weighted by atomic mass is 10.3. The fourth-order valence-electron chi connectivity index (χ4n) is 0.618. The lowest BCUT2D eigenvalue weighted by molar-refractivity contribution is -0.143. The second kappa shape index (κ2) is 4.91. The fraction of sp³-hybridized carbons (Fsp3) is 0.625. The summed E-state index contributed by atoms with van der Waals surface area (Å²) in [6.45, 7) is 4.73. The highest BCUT2D eigenvalue weighted by Crippen LogP contribution is 1.94. The molecule has 0 fully saturated rings.